The first-order chi connectivity index (χ1) is 12.3. The lowest BCUT2D eigenvalue weighted by Crippen LogP contribution is -2.14. The molecule has 0 atom stereocenters. The number of thioether (sulfide) groups is 1. The largest absolute Gasteiger partial charge is 0.366 e. The van der Waals surface area contributed by atoms with Crippen LogP contribution < -0.4 is 0 Å². The summed E-state index contributed by atoms with van der Waals surface area (Å²) in [5, 5.41) is 0. The molecule has 0 aliphatic rings. The molecule has 0 aromatic heterocycles. The van der Waals surface area contributed by atoms with Crippen LogP contribution >= 0.6 is 27.7 Å². The van der Waals surface area contributed by atoms with Gasteiger partial charge in [-0.3, -0.25) is 4.79 Å². The van der Waals surface area contributed by atoms with Crippen LogP contribution in [-0.2, 0) is 0 Å². The van der Waals surface area contributed by atoms with Crippen molar-refractivity contribution in [2.24, 2.45) is 4.99 Å². The number of aryl methyl sites for hydroxylation is 1. The van der Waals surface area contributed by atoms with Crippen molar-refractivity contribution in [3.8, 4) is 0 Å². The molecule has 0 radical (unpaired) electrons. The zero-order valence-electron chi connectivity index (χ0n) is 15.3. The minimum Gasteiger partial charge on any atom is -0.366 e. The van der Waals surface area contributed by atoms with E-state index < -0.39 is 0 Å². The van der Waals surface area contributed by atoms with Gasteiger partial charge in [0.15, 0.2) is 5.78 Å². The highest BCUT2D eigenvalue weighted by atomic mass is 79.9. The van der Waals surface area contributed by atoms with E-state index in [9.17, 15) is 9.18 Å². The van der Waals surface area contributed by atoms with Gasteiger partial charge < -0.3 is 4.90 Å². The first kappa shape index (κ1) is 20.6. The third-order valence-electron chi connectivity index (χ3n) is 4.02. The summed E-state index contributed by atoms with van der Waals surface area (Å²) in [6.45, 7) is 6.77. The van der Waals surface area contributed by atoms with E-state index in [-0.39, 0.29) is 17.4 Å². The van der Waals surface area contributed by atoms with Gasteiger partial charge in [0.1, 0.15) is 5.82 Å². The average molecular weight is 437 g/mol. The summed E-state index contributed by atoms with van der Waals surface area (Å²) < 4.78 is 14.1. The number of Topliss-reactive ketones (excluding diaryl/α,β-unsaturated/α-hetero) is 1. The van der Waals surface area contributed by atoms with Gasteiger partial charge in [-0.25, -0.2) is 9.38 Å². The Hall–Kier alpha value is -1.66. The van der Waals surface area contributed by atoms with E-state index in [1.54, 1.807) is 18.5 Å². The maximum Gasteiger partial charge on any atom is 0.173 e. The van der Waals surface area contributed by atoms with E-state index in [2.05, 4.69) is 27.8 Å². The van der Waals surface area contributed by atoms with Crippen molar-refractivity contribution < 1.29 is 9.18 Å². The van der Waals surface area contributed by atoms with Crippen LogP contribution in [0, 0.1) is 19.7 Å². The van der Waals surface area contributed by atoms with Gasteiger partial charge in [-0.05, 0) is 72.1 Å². The number of hydrogen-bond acceptors (Lipinski definition) is 3. The summed E-state index contributed by atoms with van der Waals surface area (Å²) in [7, 11) is 1.96. The Morgan fingerprint density at radius 1 is 1.35 bits per heavy atom. The fourth-order valence-electron chi connectivity index (χ4n) is 2.33. The van der Waals surface area contributed by atoms with Gasteiger partial charge in [0.25, 0.3) is 0 Å². The van der Waals surface area contributed by atoms with E-state index in [1.165, 1.54) is 23.9 Å². The summed E-state index contributed by atoms with van der Waals surface area (Å²) in [4.78, 5) is 19.9. The molecule has 0 N–H and O–H groups in total. The molecule has 0 saturated heterocycles. The molecule has 0 fully saturated rings. The lowest BCUT2D eigenvalue weighted by atomic mass is 10.0. The molecule has 2 aromatic rings. The molecule has 26 heavy (non-hydrogen) atoms. The van der Waals surface area contributed by atoms with Crippen LogP contribution in [0.3, 0.4) is 0 Å². The maximum absolute atomic E-state index is 13.3. The summed E-state index contributed by atoms with van der Waals surface area (Å²) in [5.74, 6) is -0.0181. The smallest absolute Gasteiger partial charge is 0.173 e. The highest BCUT2D eigenvalue weighted by Gasteiger charge is 2.16. The van der Waals surface area contributed by atoms with Crippen molar-refractivity contribution >= 4 is 45.5 Å². The van der Waals surface area contributed by atoms with Gasteiger partial charge in [0, 0.05) is 28.5 Å². The van der Waals surface area contributed by atoms with Crippen LogP contribution in [0.4, 0.5) is 10.1 Å². The molecule has 2 rings (SSSR count). The minimum atomic E-state index is -0.295. The third-order valence-corrected chi connectivity index (χ3v) is 5.99. The number of benzene rings is 2. The standard InChI is InChI=1S/C20H22BrFN2OS/c1-5-24(4)12-23-20-13(2)9-17(14(3)19(20)21)18(25)11-26-16-8-6-7-15(22)10-16/h6-10,12H,5,11H2,1-4H3/b23-12-. The lowest BCUT2D eigenvalue weighted by Gasteiger charge is -2.14. The summed E-state index contributed by atoms with van der Waals surface area (Å²) in [6, 6.07) is 8.16. The zero-order valence-corrected chi connectivity index (χ0v) is 17.7. The molecular weight excluding hydrogens is 415 g/mol. The molecule has 0 amide bonds. The molecule has 3 nitrogen and oxygen atoms in total. The predicted octanol–water partition coefficient (Wildman–Crippen LogP) is 5.79. The number of carbonyl (C=O) groups is 1. The summed E-state index contributed by atoms with van der Waals surface area (Å²) in [6.07, 6.45) is 1.79. The quantitative estimate of drug-likeness (QED) is 0.238. The van der Waals surface area contributed by atoms with E-state index in [0.29, 0.717) is 5.56 Å². The predicted molar refractivity (Wildman–Crippen MR) is 112 cm³/mol. The topological polar surface area (TPSA) is 32.7 Å². The second kappa shape index (κ2) is 9.33. The summed E-state index contributed by atoms with van der Waals surface area (Å²) in [5.41, 5.74) is 3.30. The van der Waals surface area contributed by atoms with Crippen molar-refractivity contribution in [3.63, 3.8) is 0 Å². The number of nitrogens with zero attached hydrogens (tertiary/aromatic N) is 2. The molecular formula is C20H22BrFN2OS. The number of carbonyl (C=O) groups excluding carboxylic acids is 1. The Balaban J connectivity index is 2.21. The van der Waals surface area contributed by atoms with Crippen molar-refractivity contribution in [1.29, 1.82) is 0 Å². The van der Waals surface area contributed by atoms with Gasteiger partial charge in [0.05, 0.1) is 17.8 Å². The number of hydrogen-bond donors (Lipinski definition) is 0. The highest BCUT2D eigenvalue weighted by Crippen LogP contribution is 2.35. The Morgan fingerprint density at radius 2 is 2.08 bits per heavy atom. The van der Waals surface area contributed by atoms with E-state index in [1.807, 2.05) is 31.9 Å². The molecule has 0 heterocycles. The number of halogens is 2. The molecule has 0 unspecified atom stereocenters. The molecule has 0 aliphatic heterocycles. The van der Waals surface area contributed by atoms with Crippen LogP contribution in [0.5, 0.6) is 0 Å². The third kappa shape index (κ3) is 5.17. The van der Waals surface area contributed by atoms with Crippen molar-refractivity contribution in [2.45, 2.75) is 25.7 Å². The molecule has 2 aromatic carbocycles. The summed E-state index contributed by atoms with van der Waals surface area (Å²) >= 11 is 4.93. The fraction of sp³-hybridized carbons (Fsp3) is 0.300. The van der Waals surface area contributed by atoms with Gasteiger partial charge in [-0.1, -0.05) is 6.07 Å². The van der Waals surface area contributed by atoms with Crippen LogP contribution in [-0.4, -0.2) is 36.4 Å². The minimum absolute atomic E-state index is 0.0155. The van der Waals surface area contributed by atoms with Crippen LogP contribution in [0.15, 0.2) is 44.7 Å². The number of aliphatic imine (C=N–C) groups is 1. The van der Waals surface area contributed by atoms with Crippen molar-refractivity contribution in [1.82, 2.24) is 4.90 Å². The first-order valence-corrected chi connectivity index (χ1v) is 10.1. The monoisotopic (exact) mass is 436 g/mol. The average Bonchev–Trinajstić information content (AvgIpc) is 2.62. The van der Waals surface area contributed by atoms with Crippen LogP contribution in [0.25, 0.3) is 0 Å². The lowest BCUT2D eigenvalue weighted by molar-refractivity contribution is 0.102. The first-order valence-electron chi connectivity index (χ1n) is 8.29. The van der Waals surface area contributed by atoms with Crippen LogP contribution in [0.2, 0.25) is 0 Å². The normalized spacial score (nSPS) is 11.2. The maximum atomic E-state index is 13.3. The van der Waals surface area contributed by atoms with Gasteiger partial charge in [-0.15, -0.1) is 11.8 Å². The molecule has 0 bridgehead atoms. The molecule has 0 saturated carbocycles. The molecule has 0 aliphatic carbocycles. The molecule has 6 heteroatoms. The Labute approximate surface area is 166 Å². The Bertz CT molecular complexity index is 839. The zero-order chi connectivity index (χ0) is 19.3. The van der Waals surface area contributed by atoms with E-state index in [4.69, 9.17) is 0 Å². The second-order valence-corrected chi connectivity index (χ2v) is 7.86. The van der Waals surface area contributed by atoms with Gasteiger partial charge >= 0.3 is 0 Å². The SMILES string of the molecule is CCN(C)/C=N\c1c(C)cc(C(=O)CSc2cccc(F)c2)c(C)c1Br. The Morgan fingerprint density at radius 3 is 2.73 bits per heavy atom. The van der Waals surface area contributed by atoms with Crippen molar-refractivity contribution in [3.05, 3.63) is 57.3 Å². The fourth-order valence-corrected chi connectivity index (χ4v) is 3.78. The van der Waals surface area contributed by atoms with Crippen LogP contribution in [0.1, 0.15) is 28.4 Å². The molecule has 0 spiro atoms. The molecule has 138 valence electrons. The van der Waals surface area contributed by atoms with E-state index >= 15 is 0 Å². The van der Waals surface area contributed by atoms with Gasteiger partial charge in [-0.2, -0.15) is 0 Å². The highest BCUT2D eigenvalue weighted by molar-refractivity contribution is 9.10. The van der Waals surface area contributed by atoms with Gasteiger partial charge in [0.2, 0.25) is 0 Å². The second-order valence-electron chi connectivity index (χ2n) is 6.02. The Kier molecular flexibility index (Phi) is 7.41. The number of ketones is 1. The van der Waals surface area contributed by atoms with Crippen molar-refractivity contribution in [2.75, 3.05) is 19.3 Å². The number of rotatable bonds is 7. The van der Waals surface area contributed by atoms with E-state index in [0.717, 1.165) is 32.7 Å².